The summed E-state index contributed by atoms with van der Waals surface area (Å²) in [6, 6.07) is 0. The summed E-state index contributed by atoms with van der Waals surface area (Å²) in [5.74, 6) is 0. The van der Waals surface area contributed by atoms with Crippen molar-refractivity contribution in [3.05, 3.63) is 0 Å². The van der Waals surface area contributed by atoms with Crippen molar-refractivity contribution in [1.82, 2.24) is 5.32 Å². The van der Waals surface area contributed by atoms with E-state index in [1.807, 2.05) is 6.92 Å². The number of aliphatic hydroxyl groups excluding tert-OH is 1. The second-order valence-corrected chi connectivity index (χ2v) is 3.80. The van der Waals surface area contributed by atoms with Crippen LogP contribution in [0.25, 0.3) is 0 Å². The van der Waals surface area contributed by atoms with Crippen LogP contribution in [0.5, 0.6) is 0 Å². The molecule has 13 heavy (non-hydrogen) atoms. The Balaban J connectivity index is 3.29. The molecule has 0 rings (SSSR count). The first-order chi connectivity index (χ1) is 6.12. The number of aliphatic hydroxyl groups is 1. The fraction of sp³-hybridized carbons (Fsp3) is 1.00. The number of unbranched alkanes of at least 4 members (excludes halogenated alkanes) is 1. The van der Waals surface area contributed by atoms with Crippen LogP contribution in [0.3, 0.4) is 0 Å². The molecule has 0 saturated heterocycles. The minimum atomic E-state index is -0.0754. The van der Waals surface area contributed by atoms with Gasteiger partial charge in [-0.3, -0.25) is 0 Å². The van der Waals surface area contributed by atoms with Crippen LogP contribution < -0.4 is 5.32 Å². The van der Waals surface area contributed by atoms with Gasteiger partial charge in [-0.05, 0) is 40.2 Å². The van der Waals surface area contributed by atoms with Gasteiger partial charge < -0.3 is 15.2 Å². The van der Waals surface area contributed by atoms with Crippen LogP contribution in [0.4, 0.5) is 0 Å². The zero-order valence-corrected chi connectivity index (χ0v) is 9.10. The highest BCUT2D eigenvalue weighted by atomic mass is 16.5. The smallest absolute Gasteiger partial charge is 0.0750 e. The third-order valence-corrected chi connectivity index (χ3v) is 1.85. The maximum Gasteiger partial charge on any atom is 0.0750 e. The lowest BCUT2D eigenvalue weighted by Gasteiger charge is -2.24. The molecule has 0 aliphatic rings. The molecule has 0 spiro atoms. The second-order valence-electron chi connectivity index (χ2n) is 3.80. The van der Waals surface area contributed by atoms with Crippen molar-refractivity contribution in [1.29, 1.82) is 0 Å². The summed E-state index contributed by atoms with van der Waals surface area (Å²) >= 11 is 0. The normalized spacial score (nSPS) is 12.0. The monoisotopic (exact) mass is 189 g/mol. The van der Waals surface area contributed by atoms with E-state index in [1.165, 1.54) is 0 Å². The Labute approximate surface area is 81.5 Å². The Bertz CT molecular complexity index is 115. The van der Waals surface area contributed by atoms with Crippen molar-refractivity contribution < 1.29 is 9.84 Å². The Hall–Kier alpha value is -0.120. The highest BCUT2D eigenvalue weighted by Crippen LogP contribution is 2.06. The summed E-state index contributed by atoms with van der Waals surface area (Å²) < 4.78 is 5.52. The molecule has 2 N–H and O–H groups in total. The first-order valence-corrected chi connectivity index (χ1v) is 5.08. The van der Waals surface area contributed by atoms with Gasteiger partial charge in [0.05, 0.1) is 5.60 Å². The molecule has 0 radical (unpaired) electrons. The largest absolute Gasteiger partial charge is 0.396 e. The minimum Gasteiger partial charge on any atom is -0.396 e. The number of nitrogens with one attached hydrogen (secondary N) is 1. The van der Waals surface area contributed by atoms with Gasteiger partial charge in [0.15, 0.2) is 0 Å². The third kappa shape index (κ3) is 8.22. The van der Waals surface area contributed by atoms with Crippen molar-refractivity contribution in [3.63, 3.8) is 0 Å². The lowest BCUT2D eigenvalue weighted by atomic mass is 10.1. The molecule has 0 aliphatic carbocycles. The van der Waals surface area contributed by atoms with Crippen molar-refractivity contribution in [2.75, 3.05) is 26.3 Å². The molecule has 3 nitrogen and oxygen atoms in total. The zero-order chi connectivity index (χ0) is 10.2. The third-order valence-electron chi connectivity index (χ3n) is 1.85. The molecule has 0 aliphatic heterocycles. The van der Waals surface area contributed by atoms with Crippen LogP contribution in [0.2, 0.25) is 0 Å². The Morgan fingerprint density at radius 3 is 2.54 bits per heavy atom. The molecule has 0 aromatic carbocycles. The first kappa shape index (κ1) is 12.9. The molecule has 3 heteroatoms. The molecule has 0 bridgehead atoms. The van der Waals surface area contributed by atoms with E-state index in [4.69, 9.17) is 9.84 Å². The van der Waals surface area contributed by atoms with E-state index in [0.717, 1.165) is 32.5 Å². The average Bonchev–Trinajstić information content (AvgIpc) is 2.04. The summed E-state index contributed by atoms with van der Waals surface area (Å²) in [5.41, 5.74) is -0.0754. The average molecular weight is 189 g/mol. The fourth-order valence-corrected chi connectivity index (χ4v) is 1.19. The maximum absolute atomic E-state index is 8.56. The van der Waals surface area contributed by atoms with Gasteiger partial charge in [-0.15, -0.1) is 0 Å². The maximum atomic E-state index is 8.56. The molecule has 0 atom stereocenters. The van der Waals surface area contributed by atoms with Crippen LogP contribution in [-0.4, -0.2) is 37.0 Å². The van der Waals surface area contributed by atoms with E-state index >= 15 is 0 Å². The topological polar surface area (TPSA) is 41.5 Å². The molecular weight excluding hydrogens is 166 g/mol. The Morgan fingerprint density at radius 1 is 1.31 bits per heavy atom. The Kier molecular flexibility index (Phi) is 7.23. The number of hydrogen-bond donors (Lipinski definition) is 2. The van der Waals surface area contributed by atoms with E-state index in [9.17, 15) is 0 Å². The van der Waals surface area contributed by atoms with Gasteiger partial charge in [-0.2, -0.15) is 0 Å². The number of rotatable bonds is 8. The van der Waals surface area contributed by atoms with Gasteiger partial charge in [0.25, 0.3) is 0 Å². The van der Waals surface area contributed by atoms with Crippen LogP contribution in [0.1, 0.15) is 33.6 Å². The number of ether oxygens (including phenoxy) is 1. The lowest BCUT2D eigenvalue weighted by Crippen LogP contribution is -2.38. The fourth-order valence-electron chi connectivity index (χ4n) is 1.19. The van der Waals surface area contributed by atoms with Crippen molar-refractivity contribution >= 4 is 0 Å². The molecule has 0 fully saturated rings. The summed E-state index contributed by atoms with van der Waals surface area (Å²) in [4.78, 5) is 0. The van der Waals surface area contributed by atoms with E-state index < -0.39 is 0 Å². The summed E-state index contributed by atoms with van der Waals surface area (Å²) in [5, 5.41) is 11.9. The lowest BCUT2D eigenvalue weighted by molar-refractivity contribution is -0.00870. The van der Waals surface area contributed by atoms with E-state index in [-0.39, 0.29) is 12.2 Å². The van der Waals surface area contributed by atoms with Crippen LogP contribution >= 0.6 is 0 Å². The van der Waals surface area contributed by atoms with E-state index in [2.05, 4.69) is 19.2 Å². The molecule has 80 valence electrons. The molecule has 0 saturated carbocycles. The summed E-state index contributed by atoms with van der Waals surface area (Å²) in [6.45, 7) is 9.03. The highest BCUT2D eigenvalue weighted by molar-refractivity contribution is 4.71. The zero-order valence-electron chi connectivity index (χ0n) is 9.10. The van der Waals surface area contributed by atoms with Gasteiger partial charge in [0.1, 0.15) is 0 Å². The summed E-state index contributed by atoms with van der Waals surface area (Å²) in [6.07, 6.45) is 1.90. The van der Waals surface area contributed by atoms with Gasteiger partial charge >= 0.3 is 0 Å². The molecule has 0 aromatic heterocycles. The SMILES string of the molecule is CCOC(C)(C)CNCCCCO. The first-order valence-electron chi connectivity index (χ1n) is 5.08. The van der Waals surface area contributed by atoms with Crippen LogP contribution in [0, 0.1) is 0 Å². The van der Waals surface area contributed by atoms with Crippen molar-refractivity contribution in [2.24, 2.45) is 0 Å². The van der Waals surface area contributed by atoms with Crippen molar-refractivity contribution in [2.45, 2.75) is 39.2 Å². The van der Waals surface area contributed by atoms with Crippen LogP contribution in [-0.2, 0) is 4.74 Å². The molecular formula is C10H23NO2. The van der Waals surface area contributed by atoms with E-state index in [1.54, 1.807) is 0 Å². The van der Waals surface area contributed by atoms with Gasteiger partial charge in [0.2, 0.25) is 0 Å². The summed E-state index contributed by atoms with van der Waals surface area (Å²) in [7, 11) is 0. The predicted molar refractivity (Wildman–Crippen MR) is 54.9 cm³/mol. The minimum absolute atomic E-state index is 0.0754. The van der Waals surface area contributed by atoms with Gasteiger partial charge in [0, 0.05) is 19.8 Å². The Morgan fingerprint density at radius 2 is 2.00 bits per heavy atom. The van der Waals surface area contributed by atoms with Gasteiger partial charge in [-0.1, -0.05) is 0 Å². The standard InChI is InChI=1S/C10H23NO2/c1-4-13-10(2,3)9-11-7-5-6-8-12/h11-12H,4-9H2,1-3H3. The molecule has 0 heterocycles. The quantitative estimate of drug-likeness (QED) is 0.563. The predicted octanol–water partition coefficient (Wildman–Crippen LogP) is 1.16. The van der Waals surface area contributed by atoms with Crippen molar-refractivity contribution in [3.8, 4) is 0 Å². The molecule has 0 aromatic rings. The van der Waals surface area contributed by atoms with Crippen LogP contribution in [0.15, 0.2) is 0 Å². The molecule has 0 unspecified atom stereocenters. The van der Waals surface area contributed by atoms with Gasteiger partial charge in [-0.25, -0.2) is 0 Å². The molecule has 0 amide bonds. The number of hydrogen-bond acceptors (Lipinski definition) is 3. The second kappa shape index (κ2) is 7.30. The highest BCUT2D eigenvalue weighted by Gasteiger charge is 2.15. The van der Waals surface area contributed by atoms with E-state index in [0.29, 0.717) is 0 Å².